The van der Waals surface area contributed by atoms with Gasteiger partial charge in [0.05, 0.1) is 0 Å². The average Bonchev–Trinajstić information content (AvgIpc) is 2.65. The molecule has 2 heteroatoms. The quantitative estimate of drug-likeness (QED) is 0.696. The van der Waals surface area contributed by atoms with Crippen LogP contribution in [0.5, 0.6) is 0 Å². The Morgan fingerprint density at radius 1 is 0.680 bits per heavy atom. The maximum Gasteiger partial charge on any atom is 0.0240 e. The van der Waals surface area contributed by atoms with Crippen LogP contribution in [0.4, 0.5) is 0 Å². The smallest absolute Gasteiger partial charge is 0.0240 e. The molecule has 3 aromatic carbocycles. The Balaban J connectivity index is 1.36. The van der Waals surface area contributed by atoms with E-state index in [-0.39, 0.29) is 0 Å². The molecule has 0 saturated carbocycles. The Kier molecular flexibility index (Phi) is 4.82. The molecule has 0 unspecified atom stereocenters. The van der Waals surface area contributed by atoms with Gasteiger partial charge in [0.15, 0.2) is 0 Å². The zero-order valence-corrected chi connectivity index (χ0v) is 15.0. The summed E-state index contributed by atoms with van der Waals surface area (Å²) in [5, 5.41) is 2.74. The van der Waals surface area contributed by atoms with Gasteiger partial charge >= 0.3 is 0 Å². The van der Waals surface area contributed by atoms with Crippen LogP contribution in [0.15, 0.2) is 66.7 Å². The Bertz CT molecular complexity index is 825. The van der Waals surface area contributed by atoms with Crippen molar-refractivity contribution in [3.05, 3.63) is 83.4 Å². The summed E-state index contributed by atoms with van der Waals surface area (Å²) < 4.78 is 0. The summed E-state index contributed by atoms with van der Waals surface area (Å²) in [5.74, 6) is 0. The normalized spacial score (nSPS) is 16.4. The zero-order valence-electron chi connectivity index (χ0n) is 15.0. The average molecular weight is 330 g/mol. The van der Waals surface area contributed by atoms with Gasteiger partial charge in [-0.2, -0.15) is 0 Å². The number of rotatable bonds is 4. The molecule has 0 amide bonds. The largest absolute Gasteiger partial charge is 0.297 e. The molecule has 0 radical (unpaired) electrons. The molecule has 2 nitrogen and oxygen atoms in total. The highest BCUT2D eigenvalue weighted by Gasteiger charge is 2.17. The van der Waals surface area contributed by atoms with Gasteiger partial charge in [-0.25, -0.2) is 0 Å². The molecule has 0 spiro atoms. The number of aryl methyl sites for hydroxylation is 1. The summed E-state index contributed by atoms with van der Waals surface area (Å²) in [4.78, 5) is 5.16. The number of piperazine rings is 1. The fourth-order valence-corrected chi connectivity index (χ4v) is 3.73. The van der Waals surface area contributed by atoms with Crippen LogP contribution in [-0.4, -0.2) is 36.0 Å². The number of fused-ring (bicyclic) bond motifs is 1. The minimum absolute atomic E-state index is 1.06. The maximum atomic E-state index is 2.59. The number of nitrogens with zero attached hydrogens (tertiary/aromatic N) is 2. The van der Waals surface area contributed by atoms with Gasteiger partial charge in [0.2, 0.25) is 0 Å². The lowest BCUT2D eigenvalue weighted by molar-refractivity contribution is 0.122. The first-order chi connectivity index (χ1) is 12.3. The molecule has 0 atom stereocenters. The van der Waals surface area contributed by atoms with Crippen molar-refractivity contribution >= 4 is 10.8 Å². The van der Waals surface area contributed by atoms with Crippen LogP contribution in [0, 0.1) is 6.92 Å². The molecular formula is C23H26N2. The first-order valence-corrected chi connectivity index (χ1v) is 9.25. The predicted octanol–water partition coefficient (Wildman–Crippen LogP) is 4.47. The van der Waals surface area contributed by atoms with Crippen LogP contribution in [0.3, 0.4) is 0 Å². The molecule has 4 rings (SSSR count). The van der Waals surface area contributed by atoms with Crippen molar-refractivity contribution in [2.45, 2.75) is 20.0 Å². The molecule has 1 saturated heterocycles. The molecular weight excluding hydrogens is 304 g/mol. The molecule has 0 aliphatic carbocycles. The topological polar surface area (TPSA) is 6.48 Å². The van der Waals surface area contributed by atoms with Crippen LogP contribution in [0.25, 0.3) is 10.8 Å². The third kappa shape index (κ3) is 3.92. The van der Waals surface area contributed by atoms with Crippen molar-refractivity contribution < 1.29 is 0 Å². The highest BCUT2D eigenvalue weighted by Crippen LogP contribution is 2.20. The fraction of sp³-hybridized carbons (Fsp3) is 0.304. The van der Waals surface area contributed by atoms with Crippen molar-refractivity contribution in [3.63, 3.8) is 0 Å². The van der Waals surface area contributed by atoms with Crippen LogP contribution in [0.1, 0.15) is 16.7 Å². The van der Waals surface area contributed by atoms with E-state index in [0.717, 1.165) is 39.3 Å². The second-order valence-corrected chi connectivity index (χ2v) is 7.18. The van der Waals surface area contributed by atoms with Gasteiger partial charge < -0.3 is 0 Å². The summed E-state index contributed by atoms with van der Waals surface area (Å²) in [6.45, 7) is 8.87. The molecule has 1 fully saturated rings. The minimum Gasteiger partial charge on any atom is -0.297 e. The van der Waals surface area contributed by atoms with Crippen molar-refractivity contribution in [3.8, 4) is 0 Å². The van der Waals surface area contributed by atoms with Gasteiger partial charge in [0.1, 0.15) is 0 Å². The standard InChI is InChI=1S/C23H26N2/c1-19-9-11-20(12-10-19)17-24-13-15-25(16-14-24)18-22-7-4-6-21-5-2-3-8-23(21)22/h2-12H,13-18H2,1H3. The van der Waals surface area contributed by atoms with Gasteiger partial charge in [-0.15, -0.1) is 0 Å². The number of hydrogen-bond acceptors (Lipinski definition) is 2. The summed E-state index contributed by atoms with van der Waals surface area (Å²) in [7, 11) is 0. The second-order valence-electron chi connectivity index (χ2n) is 7.18. The molecule has 0 aromatic heterocycles. The Hall–Kier alpha value is -2.16. The van der Waals surface area contributed by atoms with E-state index < -0.39 is 0 Å². The fourth-order valence-electron chi connectivity index (χ4n) is 3.73. The SMILES string of the molecule is Cc1ccc(CN2CCN(Cc3cccc4ccccc34)CC2)cc1. The van der Waals surface area contributed by atoms with Crippen LogP contribution in [-0.2, 0) is 13.1 Å². The Labute approximate surface area is 150 Å². The first kappa shape index (κ1) is 16.3. The van der Waals surface area contributed by atoms with E-state index in [2.05, 4.69) is 83.5 Å². The van der Waals surface area contributed by atoms with Gasteiger partial charge in [0, 0.05) is 39.3 Å². The van der Waals surface area contributed by atoms with Crippen LogP contribution < -0.4 is 0 Å². The molecule has 128 valence electrons. The van der Waals surface area contributed by atoms with Crippen LogP contribution >= 0.6 is 0 Å². The Morgan fingerprint density at radius 2 is 1.32 bits per heavy atom. The molecule has 3 aromatic rings. The van der Waals surface area contributed by atoms with Gasteiger partial charge in [-0.1, -0.05) is 72.3 Å². The van der Waals surface area contributed by atoms with E-state index in [1.54, 1.807) is 0 Å². The Morgan fingerprint density at radius 3 is 2.08 bits per heavy atom. The van der Waals surface area contributed by atoms with Crippen molar-refractivity contribution in [1.82, 2.24) is 9.80 Å². The predicted molar refractivity (Wildman–Crippen MR) is 106 cm³/mol. The van der Waals surface area contributed by atoms with Gasteiger partial charge in [-0.05, 0) is 28.8 Å². The van der Waals surface area contributed by atoms with E-state index >= 15 is 0 Å². The van der Waals surface area contributed by atoms with E-state index in [9.17, 15) is 0 Å². The van der Waals surface area contributed by atoms with Crippen molar-refractivity contribution in [2.24, 2.45) is 0 Å². The molecule has 0 bridgehead atoms. The van der Waals surface area contributed by atoms with E-state index in [1.165, 1.54) is 27.5 Å². The maximum absolute atomic E-state index is 2.59. The van der Waals surface area contributed by atoms with Crippen molar-refractivity contribution in [2.75, 3.05) is 26.2 Å². The van der Waals surface area contributed by atoms with E-state index in [1.807, 2.05) is 0 Å². The third-order valence-electron chi connectivity index (χ3n) is 5.27. The van der Waals surface area contributed by atoms with E-state index in [0.29, 0.717) is 0 Å². The summed E-state index contributed by atoms with van der Waals surface area (Å²) in [6.07, 6.45) is 0. The van der Waals surface area contributed by atoms with Gasteiger partial charge in [0.25, 0.3) is 0 Å². The lowest BCUT2D eigenvalue weighted by Gasteiger charge is -2.35. The highest BCUT2D eigenvalue weighted by atomic mass is 15.3. The monoisotopic (exact) mass is 330 g/mol. The lowest BCUT2D eigenvalue weighted by Crippen LogP contribution is -2.45. The molecule has 1 aliphatic rings. The minimum atomic E-state index is 1.06. The number of hydrogen-bond donors (Lipinski definition) is 0. The van der Waals surface area contributed by atoms with Crippen molar-refractivity contribution in [1.29, 1.82) is 0 Å². The first-order valence-electron chi connectivity index (χ1n) is 9.25. The lowest BCUT2D eigenvalue weighted by atomic mass is 10.0. The van der Waals surface area contributed by atoms with E-state index in [4.69, 9.17) is 0 Å². The molecule has 0 N–H and O–H groups in total. The highest BCUT2D eigenvalue weighted by molar-refractivity contribution is 5.85. The summed E-state index contributed by atoms with van der Waals surface area (Å²) in [5.41, 5.74) is 4.21. The molecule has 25 heavy (non-hydrogen) atoms. The van der Waals surface area contributed by atoms with Crippen LogP contribution in [0.2, 0.25) is 0 Å². The summed E-state index contributed by atoms with van der Waals surface area (Å²) >= 11 is 0. The summed E-state index contributed by atoms with van der Waals surface area (Å²) in [6, 6.07) is 24.3. The second kappa shape index (κ2) is 7.38. The van der Waals surface area contributed by atoms with Gasteiger partial charge in [-0.3, -0.25) is 9.80 Å². The zero-order chi connectivity index (χ0) is 17.1. The molecule has 1 heterocycles. The molecule has 1 aliphatic heterocycles. The number of benzene rings is 3. The third-order valence-corrected chi connectivity index (χ3v) is 5.27.